The minimum Gasteiger partial charge on any atom is -0.396 e. The summed E-state index contributed by atoms with van der Waals surface area (Å²) in [6, 6.07) is 0. The van der Waals surface area contributed by atoms with E-state index in [1.54, 1.807) is 17.1 Å². The van der Waals surface area contributed by atoms with Gasteiger partial charge in [-0.25, -0.2) is 0 Å². The first-order chi connectivity index (χ1) is 8.36. The Hall–Kier alpha value is -1.52. The lowest BCUT2D eigenvalue weighted by atomic mass is 9.80. The molecule has 1 aromatic rings. The number of hydrogen-bond acceptors (Lipinski definition) is 3. The monoisotopic (exact) mass is 250 g/mol. The third kappa shape index (κ3) is 2.83. The van der Waals surface area contributed by atoms with Crippen molar-refractivity contribution in [2.45, 2.75) is 33.7 Å². The van der Waals surface area contributed by atoms with E-state index in [0.29, 0.717) is 31.1 Å². The summed E-state index contributed by atoms with van der Waals surface area (Å²) in [5.74, 6) is 0.711. The zero-order chi connectivity index (χ0) is 13.3. The molecule has 1 fully saturated rings. The fraction of sp³-hybridized carbons (Fsp3) is 0.692. The van der Waals surface area contributed by atoms with Crippen LogP contribution < -0.4 is 5.73 Å². The molecule has 2 N–H and O–H groups in total. The van der Waals surface area contributed by atoms with E-state index in [9.17, 15) is 4.79 Å². The number of amides is 1. The highest BCUT2D eigenvalue weighted by Crippen LogP contribution is 2.34. The molecule has 1 aliphatic rings. The van der Waals surface area contributed by atoms with Gasteiger partial charge in [-0.2, -0.15) is 5.10 Å². The summed E-state index contributed by atoms with van der Waals surface area (Å²) >= 11 is 0. The summed E-state index contributed by atoms with van der Waals surface area (Å²) in [5.41, 5.74) is 6.46. The van der Waals surface area contributed by atoms with Crippen molar-refractivity contribution in [2.75, 3.05) is 18.8 Å². The first kappa shape index (κ1) is 12.9. The number of anilines is 1. The second-order valence-electron chi connectivity index (χ2n) is 6.14. The number of rotatable bonds is 3. The van der Waals surface area contributed by atoms with Gasteiger partial charge in [0, 0.05) is 25.7 Å². The fourth-order valence-corrected chi connectivity index (χ4v) is 2.29. The predicted octanol–water partition coefficient (Wildman–Crippen LogP) is 1.36. The van der Waals surface area contributed by atoms with E-state index in [1.807, 2.05) is 4.90 Å². The number of carbonyl (C=O) groups excluding carboxylic acids is 1. The third-order valence-corrected chi connectivity index (χ3v) is 3.69. The molecule has 0 radical (unpaired) electrons. The molecule has 1 saturated heterocycles. The molecule has 0 aromatic carbocycles. The quantitative estimate of drug-likeness (QED) is 0.881. The van der Waals surface area contributed by atoms with Gasteiger partial charge in [0.15, 0.2) is 0 Å². The number of hydrogen-bond donors (Lipinski definition) is 1. The lowest BCUT2D eigenvalue weighted by Crippen LogP contribution is -2.30. The Balaban J connectivity index is 1.89. The summed E-state index contributed by atoms with van der Waals surface area (Å²) in [5, 5.41) is 4.12. The van der Waals surface area contributed by atoms with Gasteiger partial charge in [-0.05, 0) is 11.3 Å². The first-order valence-corrected chi connectivity index (χ1v) is 6.42. The average molecular weight is 250 g/mol. The highest BCUT2D eigenvalue weighted by atomic mass is 16.2. The largest absolute Gasteiger partial charge is 0.396 e. The van der Waals surface area contributed by atoms with Gasteiger partial charge in [0.1, 0.15) is 0 Å². The zero-order valence-electron chi connectivity index (χ0n) is 11.4. The van der Waals surface area contributed by atoms with E-state index in [-0.39, 0.29) is 11.3 Å². The van der Waals surface area contributed by atoms with Crippen LogP contribution in [0.4, 0.5) is 5.69 Å². The SMILES string of the molecule is CC(C)(C)C1CC(=O)N(CCn2cc(N)cn2)C1. The van der Waals surface area contributed by atoms with Gasteiger partial charge in [0.05, 0.1) is 18.4 Å². The van der Waals surface area contributed by atoms with Crippen LogP contribution in [0, 0.1) is 11.3 Å². The maximum Gasteiger partial charge on any atom is 0.223 e. The smallest absolute Gasteiger partial charge is 0.223 e. The van der Waals surface area contributed by atoms with E-state index in [0.717, 1.165) is 6.54 Å². The maximum atomic E-state index is 11.9. The lowest BCUT2D eigenvalue weighted by molar-refractivity contribution is -0.127. The van der Waals surface area contributed by atoms with Crippen molar-refractivity contribution in [3.63, 3.8) is 0 Å². The molecular formula is C13H22N4O. The molecule has 0 bridgehead atoms. The van der Waals surface area contributed by atoms with Crippen LogP contribution in [0.2, 0.25) is 0 Å². The molecule has 0 saturated carbocycles. The van der Waals surface area contributed by atoms with Gasteiger partial charge in [0.2, 0.25) is 5.91 Å². The number of nitrogens with two attached hydrogens (primary N) is 1. The zero-order valence-corrected chi connectivity index (χ0v) is 11.4. The molecule has 1 aromatic heterocycles. The van der Waals surface area contributed by atoms with Gasteiger partial charge < -0.3 is 10.6 Å². The van der Waals surface area contributed by atoms with E-state index < -0.39 is 0 Å². The van der Waals surface area contributed by atoms with Crippen LogP contribution in [-0.4, -0.2) is 33.7 Å². The van der Waals surface area contributed by atoms with Crippen LogP contribution in [0.3, 0.4) is 0 Å². The average Bonchev–Trinajstić information content (AvgIpc) is 2.81. The highest BCUT2D eigenvalue weighted by Gasteiger charge is 2.36. The Morgan fingerprint density at radius 3 is 2.67 bits per heavy atom. The molecule has 2 heterocycles. The highest BCUT2D eigenvalue weighted by molar-refractivity contribution is 5.78. The topological polar surface area (TPSA) is 64.2 Å². The van der Waals surface area contributed by atoms with Crippen molar-refractivity contribution in [1.82, 2.24) is 14.7 Å². The van der Waals surface area contributed by atoms with Gasteiger partial charge in [-0.3, -0.25) is 9.48 Å². The van der Waals surface area contributed by atoms with Gasteiger partial charge in [-0.15, -0.1) is 0 Å². The number of likely N-dealkylation sites (tertiary alicyclic amines) is 1. The Kier molecular flexibility index (Phi) is 3.32. The second-order valence-corrected chi connectivity index (χ2v) is 6.14. The number of nitrogen functional groups attached to an aromatic ring is 1. The number of aromatic nitrogens is 2. The summed E-state index contributed by atoms with van der Waals surface area (Å²) in [7, 11) is 0. The molecule has 1 atom stereocenters. The molecule has 18 heavy (non-hydrogen) atoms. The Morgan fingerprint density at radius 1 is 1.44 bits per heavy atom. The summed E-state index contributed by atoms with van der Waals surface area (Å²) in [6.07, 6.45) is 4.09. The Labute approximate surface area is 108 Å². The van der Waals surface area contributed by atoms with Crippen LogP contribution in [0.15, 0.2) is 12.4 Å². The summed E-state index contributed by atoms with van der Waals surface area (Å²) < 4.78 is 1.78. The van der Waals surface area contributed by atoms with E-state index in [4.69, 9.17) is 5.73 Å². The molecule has 100 valence electrons. The Morgan fingerprint density at radius 2 is 2.17 bits per heavy atom. The van der Waals surface area contributed by atoms with Crippen molar-refractivity contribution in [3.8, 4) is 0 Å². The molecule has 5 nitrogen and oxygen atoms in total. The van der Waals surface area contributed by atoms with Crippen molar-refractivity contribution in [3.05, 3.63) is 12.4 Å². The molecule has 5 heteroatoms. The van der Waals surface area contributed by atoms with Crippen LogP contribution >= 0.6 is 0 Å². The van der Waals surface area contributed by atoms with Gasteiger partial charge >= 0.3 is 0 Å². The fourth-order valence-electron chi connectivity index (χ4n) is 2.29. The second kappa shape index (κ2) is 4.63. The molecule has 2 rings (SSSR count). The normalized spacial score (nSPS) is 20.7. The van der Waals surface area contributed by atoms with Crippen molar-refractivity contribution >= 4 is 11.6 Å². The van der Waals surface area contributed by atoms with E-state index in [2.05, 4.69) is 25.9 Å². The van der Waals surface area contributed by atoms with Crippen molar-refractivity contribution in [2.24, 2.45) is 11.3 Å². The van der Waals surface area contributed by atoms with Gasteiger partial charge in [0.25, 0.3) is 0 Å². The standard InChI is InChI=1S/C13H22N4O/c1-13(2,3)10-6-12(18)16(8-10)4-5-17-9-11(14)7-15-17/h7,9-10H,4-6,8,14H2,1-3H3. The summed E-state index contributed by atoms with van der Waals surface area (Å²) in [4.78, 5) is 13.9. The van der Waals surface area contributed by atoms with Crippen LogP contribution in [0.1, 0.15) is 27.2 Å². The molecule has 0 spiro atoms. The van der Waals surface area contributed by atoms with E-state index in [1.165, 1.54) is 0 Å². The predicted molar refractivity (Wildman–Crippen MR) is 70.8 cm³/mol. The molecule has 1 amide bonds. The Bertz CT molecular complexity index is 432. The van der Waals surface area contributed by atoms with Crippen molar-refractivity contribution in [1.29, 1.82) is 0 Å². The molecule has 0 aliphatic carbocycles. The van der Waals surface area contributed by atoms with Crippen LogP contribution in [0.25, 0.3) is 0 Å². The molecule has 1 aliphatic heterocycles. The number of nitrogens with zero attached hydrogens (tertiary/aromatic N) is 3. The van der Waals surface area contributed by atoms with Crippen LogP contribution in [-0.2, 0) is 11.3 Å². The van der Waals surface area contributed by atoms with Crippen LogP contribution in [0.5, 0.6) is 0 Å². The van der Waals surface area contributed by atoms with E-state index >= 15 is 0 Å². The molecule has 1 unspecified atom stereocenters. The maximum absolute atomic E-state index is 11.9. The minimum absolute atomic E-state index is 0.195. The van der Waals surface area contributed by atoms with Crippen molar-refractivity contribution < 1.29 is 4.79 Å². The number of carbonyl (C=O) groups is 1. The summed E-state index contributed by atoms with van der Waals surface area (Å²) in [6.45, 7) is 8.87. The third-order valence-electron chi connectivity index (χ3n) is 3.69. The molecular weight excluding hydrogens is 228 g/mol. The van der Waals surface area contributed by atoms with Gasteiger partial charge in [-0.1, -0.05) is 20.8 Å². The first-order valence-electron chi connectivity index (χ1n) is 6.42. The lowest BCUT2D eigenvalue weighted by Gasteiger charge is -2.26. The minimum atomic E-state index is 0.195.